The number of nitrogens with zero attached hydrogens (tertiary/aromatic N) is 2. The lowest BCUT2D eigenvalue weighted by atomic mass is 10.3. The number of aryl methyl sites for hydroxylation is 1. The summed E-state index contributed by atoms with van der Waals surface area (Å²) >= 11 is 0. The molecule has 1 aromatic carbocycles. The quantitative estimate of drug-likeness (QED) is 0.866. The topological polar surface area (TPSA) is 92.5 Å². The lowest BCUT2D eigenvalue weighted by Crippen LogP contribution is -2.33. The van der Waals surface area contributed by atoms with E-state index in [0.29, 0.717) is 11.4 Å². The summed E-state index contributed by atoms with van der Waals surface area (Å²) in [5, 5.41) is 6.15. The van der Waals surface area contributed by atoms with Crippen molar-refractivity contribution in [3.63, 3.8) is 0 Å². The zero-order valence-corrected chi connectivity index (χ0v) is 13.4. The summed E-state index contributed by atoms with van der Waals surface area (Å²) in [6.07, 6.45) is 0.900. The van der Waals surface area contributed by atoms with Gasteiger partial charge >= 0.3 is 0 Å². The van der Waals surface area contributed by atoms with Crippen molar-refractivity contribution in [1.82, 2.24) is 5.16 Å². The van der Waals surface area contributed by atoms with Crippen molar-refractivity contribution in [1.29, 1.82) is 0 Å². The van der Waals surface area contributed by atoms with E-state index in [2.05, 4.69) is 10.5 Å². The van der Waals surface area contributed by atoms with Crippen molar-refractivity contribution < 1.29 is 22.1 Å². The van der Waals surface area contributed by atoms with Crippen molar-refractivity contribution in [2.75, 3.05) is 22.4 Å². The normalized spacial score (nSPS) is 11.3. The van der Waals surface area contributed by atoms with Crippen molar-refractivity contribution in [2.24, 2.45) is 0 Å². The van der Waals surface area contributed by atoms with Crippen LogP contribution in [0, 0.1) is 12.7 Å². The lowest BCUT2D eigenvalue weighted by Gasteiger charge is -2.18. The summed E-state index contributed by atoms with van der Waals surface area (Å²) in [4.78, 5) is 11.9. The number of hydrogen-bond donors (Lipinski definition) is 1. The molecule has 0 radical (unpaired) electrons. The van der Waals surface area contributed by atoms with Gasteiger partial charge in [-0.2, -0.15) is 0 Å². The zero-order chi connectivity index (χ0) is 17.0. The predicted octanol–water partition coefficient (Wildman–Crippen LogP) is 1.92. The van der Waals surface area contributed by atoms with Crippen LogP contribution in [0.25, 0.3) is 0 Å². The Labute approximate surface area is 133 Å². The standard InChI is InChI=1S/C14H16FN3O4S/c1-10-8-13(17-22-10)18(23(2,20)21)7-6-14(19)16-12-5-3-4-11(15)9-12/h3-5,8-9H,6-7H2,1-2H3,(H,16,19). The fraction of sp³-hybridized carbons (Fsp3) is 0.286. The van der Waals surface area contributed by atoms with Crippen LogP contribution in [-0.2, 0) is 14.8 Å². The van der Waals surface area contributed by atoms with Crippen LogP contribution in [0.1, 0.15) is 12.2 Å². The Balaban J connectivity index is 2.02. The summed E-state index contributed by atoms with van der Waals surface area (Å²) in [6.45, 7) is 1.53. The van der Waals surface area contributed by atoms with E-state index in [1.54, 1.807) is 6.92 Å². The van der Waals surface area contributed by atoms with Crippen LogP contribution in [0.3, 0.4) is 0 Å². The molecule has 7 nitrogen and oxygen atoms in total. The molecule has 0 aliphatic heterocycles. The van der Waals surface area contributed by atoms with E-state index in [0.717, 1.165) is 10.6 Å². The number of benzene rings is 1. The number of hydrogen-bond acceptors (Lipinski definition) is 5. The molecule has 0 saturated heterocycles. The Morgan fingerprint density at radius 1 is 1.39 bits per heavy atom. The molecule has 0 spiro atoms. The van der Waals surface area contributed by atoms with E-state index in [4.69, 9.17) is 4.52 Å². The first-order valence-corrected chi connectivity index (χ1v) is 8.57. The van der Waals surface area contributed by atoms with Gasteiger partial charge in [0.2, 0.25) is 15.9 Å². The fourth-order valence-corrected chi connectivity index (χ4v) is 2.76. The fourth-order valence-electron chi connectivity index (χ4n) is 1.91. The maximum absolute atomic E-state index is 13.1. The van der Waals surface area contributed by atoms with E-state index in [-0.39, 0.29) is 18.8 Å². The van der Waals surface area contributed by atoms with Gasteiger partial charge in [0.25, 0.3) is 0 Å². The molecule has 0 saturated carbocycles. The van der Waals surface area contributed by atoms with Gasteiger partial charge < -0.3 is 9.84 Å². The van der Waals surface area contributed by atoms with E-state index >= 15 is 0 Å². The number of carbonyl (C=O) groups is 1. The van der Waals surface area contributed by atoms with Gasteiger partial charge in [0.1, 0.15) is 11.6 Å². The molecule has 1 N–H and O–H groups in total. The minimum Gasteiger partial charge on any atom is -0.360 e. The third kappa shape index (κ3) is 4.78. The average Bonchev–Trinajstić information content (AvgIpc) is 2.83. The molecule has 0 aliphatic carbocycles. The molecular weight excluding hydrogens is 325 g/mol. The molecule has 23 heavy (non-hydrogen) atoms. The molecule has 1 amide bonds. The van der Waals surface area contributed by atoms with Gasteiger partial charge in [-0.05, 0) is 25.1 Å². The molecule has 2 rings (SSSR count). The molecular formula is C14H16FN3O4S. The lowest BCUT2D eigenvalue weighted by molar-refractivity contribution is -0.116. The van der Waals surface area contributed by atoms with Gasteiger partial charge in [0.05, 0.1) is 6.26 Å². The predicted molar refractivity (Wildman–Crippen MR) is 83.1 cm³/mol. The Kier molecular flexibility index (Phi) is 4.99. The molecule has 0 unspecified atom stereocenters. The highest BCUT2D eigenvalue weighted by Crippen LogP contribution is 2.17. The van der Waals surface area contributed by atoms with Crippen molar-refractivity contribution in [3.05, 3.63) is 41.9 Å². The van der Waals surface area contributed by atoms with Crippen LogP contribution in [0.4, 0.5) is 15.9 Å². The van der Waals surface area contributed by atoms with Crippen LogP contribution in [0.15, 0.2) is 34.9 Å². The molecule has 2 aromatic rings. The molecule has 0 bridgehead atoms. The van der Waals surface area contributed by atoms with Crippen LogP contribution in [0.2, 0.25) is 0 Å². The zero-order valence-electron chi connectivity index (χ0n) is 12.6. The van der Waals surface area contributed by atoms with Gasteiger partial charge in [0.15, 0.2) is 5.82 Å². The van der Waals surface area contributed by atoms with E-state index in [1.165, 1.54) is 30.3 Å². The molecule has 0 aliphatic rings. The van der Waals surface area contributed by atoms with E-state index in [9.17, 15) is 17.6 Å². The second kappa shape index (κ2) is 6.78. The minimum atomic E-state index is -3.61. The maximum Gasteiger partial charge on any atom is 0.233 e. The number of aromatic nitrogens is 1. The SMILES string of the molecule is Cc1cc(N(CCC(=O)Nc2cccc(F)c2)S(C)(=O)=O)no1. The Bertz CT molecular complexity index is 804. The third-order valence-electron chi connectivity index (χ3n) is 2.92. The van der Waals surface area contributed by atoms with Crippen LogP contribution in [0.5, 0.6) is 0 Å². The third-order valence-corrected chi connectivity index (χ3v) is 4.09. The monoisotopic (exact) mass is 341 g/mol. The molecule has 124 valence electrons. The van der Waals surface area contributed by atoms with Crippen LogP contribution >= 0.6 is 0 Å². The molecule has 9 heteroatoms. The molecule has 1 aromatic heterocycles. The molecule has 0 fully saturated rings. The number of rotatable bonds is 6. The van der Waals surface area contributed by atoms with E-state index in [1.807, 2.05) is 0 Å². The van der Waals surface area contributed by atoms with Gasteiger partial charge in [-0.15, -0.1) is 0 Å². The number of halogens is 1. The highest BCUT2D eigenvalue weighted by molar-refractivity contribution is 7.92. The number of carbonyl (C=O) groups excluding carboxylic acids is 1. The van der Waals surface area contributed by atoms with Crippen molar-refractivity contribution in [3.8, 4) is 0 Å². The highest BCUT2D eigenvalue weighted by Gasteiger charge is 2.21. The minimum absolute atomic E-state index is 0.105. The number of amides is 1. The summed E-state index contributed by atoms with van der Waals surface area (Å²) in [5.41, 5.74) is 0.304. The highest BCUT2D eigenvalue weighted by atomic mass is 32.2. The summed E-state index contributed by atoms with van der Waals surface area (Å²) in [7, 11) is -3.61. The Hall–Kier alpha value is -2.42. The second-order valence-corrected chi connectivity index (χ2v) is 6.85. The van der Waals surface area contributed by atoms with Crippen molar-refractivity contribution >= 4 is 27.4 Å². The first-order valence-electron chi connectivity index (χ1n) is 6.72. The molecule has 0 atom stereocenters. The smallest absolute Gasteiger partial charge is 0.233 e. The summed E-state index contributed by atoms with van der Waals surface area (Å²) in [5.74, 6) is -0.343. The number of nitrogens with one attached hydrogen (secondary N) is 1. The average molecular weight is 341 g/mol. The van der Waals surface area contributed by atoms with Crippen molar-refractivity contribution in [2.45, 2.75) is 13.3 Å². The van der Waals surface area contributed by atoms with Gasteiger partial charge in [0, 0.05) is 24.7 Å². The van der Waals surface area contributed by atoms with E-state index < -0.39 is 21.7 Å². The van der Waals surface area contributed by atoms with Gasteiger partial charge in [-0.25, -0.2) is 12.8 Å². The first-order chi connectivity index (χ1) is 10.8. The maximum atomic E-state index is 13.1. The second-order valence-electron chi connectivity index (χ2n) is 4.94. The Morgan fingerprint density at radius 3 is 2.70 bits per heavy atom. The summed E-state index contributed by atoms with van der Waals surface area (Å²) in [6, 6.07) is 6.90. The van der Waals surface area contributed by atoms with Gasteiger partial charge in [-0.1, -0.05) is 11.2 Å². The summed E-state index contributed by atoms with van der Waals surface area (Å²) < 4.78 is 42.5. The van der Waals surface area contributed by atoms with Crippen LogP contribution in [-0.4, -0.2) is 32.3 Å². The largest absolute Gasteiger partial charge is 0.360 e. The first kappa shape index (κ1) is 16.9. The Morgan fingerprint density at radius 2 is 2.13 bits per heavy atom. The number of sulfonamides is 1. The number of anilines is 2. The van der Waals surface area contributed by atoms with Crippen LogP contribution < -0.4 is 9.62 Å². The van der Waals surface area contributed by atoms with Gasteiger partial charge in [-0.3, -0.25) is 9.10 Å². The molecule has 1 heterocycles.